The Morgan fingerprint density at radius 1 is 1.24 bits per heavy atom. The largest absolute Gasteiger partial charge is 0.508 e. The van der Waals surface area contributed by atoms with Gasteiger partial charge in [-0.05, 0) is 18.2 Å². The van der Waals surface area contributed by atoms with Crippen molar-refractivity contribution in [3.8, 4) is 11.5 Å². The second-order valence-corrected chi connectivity index (χ2v) is 4.57. The predicted molar refractivity (Wildman–Crippen MR) is 81.3 cm³/mol. The van der Waals surface area contributed by atoms with E-state index >= 15 is 0 Å². The highest BCUT2D eigenvalue weighted by molar-refractivity contribution is 5.94. The molecule has 0 atom stereocenters. The third-order valence-corrected chi connectivity index (χ3v) is 3.13. The van der Waals surface area contributed by atoms with Crippen LogP contribution in [0.3, 0.4) is 0 Å². The van der Waals surface area contributed by atoms with Crippen molar-refractivity contribution in [3.63, 3.8) is 0 Å². The third kappa shape index (κ3) is 3.73. The zero-order valence-electron chi connectivity index (χ0n) is 11.8. The first-order valence-electron chi connectivity index (χ1n) is 6.58. The highest BCUT2D eigenvalue weighted by Gasteiger charge is 2.13. The number of nitrogens with two attached hydrogens (primary N) is 1. The van der Waals surface area contributed by atoms with Crippen molar-refractivity contribution in [2.75, 3.05) is 18.6 Å². The van der Waals surface area contributed by atoms with Crippen molar-refractivity contribution >= 4 is 11.6 Å². The number of amides is 1. The molecule has 0 aliphatic rings. The quantitative estimate of drug-likeness (QED) is 0.880. The Morgan fingerprint density at radius 3 is 2.71 bits per heavy atom. The first kappa shape index (κ1) is 14.9. The van der Waals surface area contributed by atoms with Crippen LogP contribution >= 0.6 is 0 Å². The number of anilines is 1. The summed E-state index contributed by atoms with van der Waals surface area (Å²) in [5.41, 5.74) is 7.08. The second-order valence-electron chi connectivity index (χ2n) is 4.57. The van der Waals surface area contributed by atoms with Crippen molar-refractivity contribution < 1.29 is 14.6 Å². The van der Waals surface area contributed by atoms with Crippen molar-refractivity contribution in [2.45, 2.75) is 6.54 Å². The van der Waals surface area contributed by atoms with Crippen molar-refractivity contribution in [2.24, 2.45) is 5.73 Å². The first-order chi connectivity index (χ1) is 10.1. The van der Waals surface area contributed by atoms with Crippen LogP contribution in [0.4, 0.5) is 5.69 Å². The van der Waals surface area contributed by atoms with Gasteiger partial charge in [0.25, 0.3) is 5.91 Å². The first-order valence-corrected chi connectivity index (χ1v) is 6.58. The van der Waals surface area contributed by atoms with Crippen LogP contribution in [0, 0.1) is 0 Å². The van der Waals surface area contributed by atoms with Crippen LogP contribution in [0.2, 0.25) is 0 Å². The monoisotopic (exact) mass is 286 g/mol. The lowest BCUT2D eigenvalue weighted by atomic mass is 10.2. The zero-order valence-corrected chi connectivity index (χ0v) is 11.8. The number of hydrogen-bond acceptors (Lipinski definition) is 4. The van der Waals surface area contributed by atoms with Crippen LogP contribution in [0.25, 0.3) is 0 Å². The Kier molecular flexibility index (Phi) is 4.79. The Hall–Kier alpha value is -2.53. The summed E-state index contributed by atoms with van der Waals surface area (Å²) in [6, 6.07) is 13.8. The van der Waals surface area contributed by atoms with Crippen LogP contribution in [-0.4, -0.2) is 24.7 Å². The highest BCUT2D eigenvalue weighted by Crippen LogP contribution is 2.20. The molecule has 2 rings (SSSR count). The Balaban J connectivity index is 2.01. The average Bonchev–Trinajstić information content (AvgIpc) is 2.52. The third-order valence-electron chi connectivity index (χ3n) is 3.13. The van der Waals surface area contributed by atoms with Gasteiger partial charge >= 0.3 is 0 Å². The molecule has 0 saturated heterocycles. The molecule has 0 aromatic heterocycles. The molecule has 21 heavy (non-hydrogen) atoms. The van der Waals surface area contributed by atoms with E-state index in [1.165, 1.54) is 11.0 Å². The standard InChI is InChI=1S/C16H18N2O3/c1-18(13-6-4-7-14(19)9-13)16(20)11-21-15-8-3-2-5-12(15)10-17/h2-9,19H,10-11,17H2,1H3. The van der Waals surface area contributed by atoms with Gasteiger partial charge in [-0.3, -0.25) is 4.79 Å². The van der Waals surface area contributed by atoms with Crippen LogP contribution in [0.15, 0.2) is 48.5 Å². The van der Waals surface area contributed by atoms with Gasteiger partial charge in [0.2, 0.25) is 0 Å². The van der Waals surface area contributed by atoms with Crippen molar-refractivity contribution in [1.82, 2.24) is 0 Å². The maximum atomic E-state index is 12.1. The van der Waals surface area contributed by atoms with Gasteiger partial charge in [0.1, 0.15) is 11.5 Å². The summed E-state index contributed by atoms with van der Waals surface area (Å²) >= 11 is 0. The lowest BCUT2D eigenvalue weighted by molar-refractivity contribution is -0.120. The molecule has 5 heteroatoms. The van der Waals surface area contributed by atoms with E-state index in [0.717, 1.165) is 5.56 Å². The average molecular weight is 286 g/mol. The molecular formula is C16H18N2O3. The van der Waals surface area contributed by atoms with Gasteiger partial charge in [-0.1, -0.05) is 24.3 Å². The van der Waals surface area contributed by atoms with E-state index < -0.39 is 0 Å². The summed E-state index contributed by atoms with van der Waals surface area (Å²) in [5, 5.41) is 9.44. The summed E-state index contributed by atoms with van der Waals surface area (Å²) in [7, 11) is 1.63. The molecule has 0 spiro atoms. The van der Waals surface area contributed by atoms with Crippen LogP contribution in [0.5, 0.6) is 11.5 Å². The number of hydrogen-bond donors (Lipinski definition) is 2. The predicted octanol–water partition coefficient (Wildman–Crippen LogP) is 1.89. The van der Waals surface area contributed by atoms with Gasteiger partial charge in [-0.2, -0.15) is 0 Å². The van der Waals surface area contributed by atoms with Gasteiger partial charge in [0.05, 0.1) is 0 Å². The summed E-state index contributed by atoms with van der Waals surface area (Å²) in [4.78, 5) is 13.6. The molecule has 0 bridgehead atoms. The number of aromatic hydroxyl groups is 1. The number of benzene rings is 2. The fourth-order valence-corrected chi connectivity index (χ4v) is 1.90. The van der Waals surface area contributed by atoms with E-state index in [1.807, 2.05) is 18.2 Å². The van der Waals surface area contributed by atoms with E-state index in [4.69, 9.17) is 10.5 Å². The maximum Gasteiger partial charge on any atom is 0.264 e. The van der Waals surface area contributed by atoms with Gasteiger partial charge in [-0.25, -0.2) is 0 Å². The molecular weight excluding hydrogens is 268 g/mol. The number of phenols is 1. The minimum Gasteiger partial charge on any atom is -0.508 e. The van der Waals surface area contributed by atoms with E-state index in [9.17, 15) is 9.90 Å². The smallest absolute Gasteiger partial charge is 0.264 e. The van der Waals surface area contributed by atoms with Crippen LogP contribution in [-0.2, 0) is 11.3 Å². The number of carbonyl (C=O) groups is 1. The minimum absolute atomic E-state index is 0.0941. The fourth-order valence-electron chi connectivity index (χ4n) is 1.90. The van der Waals surface area contributed by atoms with E-state index in [0.29, 0.717) is 18.0 Å². The van der Waals surface area contributed by atoms with Gasteiger partial charge < -0.3 is 20.5 Å². The molecule has 0 radical (unpaired) electrons. The van der Waals surface area contributed by atoms with Crippen LogP contribution < -0.4 is 15.4 Å². The Morgan fingerprint density at radius 2 is 2.00 bits per heavy atom. The van der Waals surface area contributed by atoms with E-state index in [1.54, 1.807) is 31.3 Å². The number of ether oxygens (including phenoxy) is 1. The molecule has 0 aliphatic carbocycles. The Bertz CT molecular complexity index is 628. The molecule has 3 N–H and O–H groups in total. The van der Waals surface area contributed by atoms with Crippen LogP contribution in [0.1, 0.15) is 5.56 Å². The van der Waals surface area contributed by atoms with Crippen molar-refractivity contribution in [3.05, 3.63) is 54.1 Å². The summed E-state index contributed by atoms with van der Waals surface area (Å²) < 4.78 is 5.53. The van der Waals surface area contributed by atoms with Crippen molar-refractivity contribution in [1.29, 1.82) is 0 Å². The van der Waals surface area contributed by atoms with E-state index in [2.05, 4.69) is 0 Å². The topological polar surface area (TPSA) is 75.8 Å². The zero-order chi connectivity index (χ0) is 15.2. The summed E-state index contributed by atoms with van der Waals surface area (Å²) in [6.07, 6.45) is 0. The molecule has 0 aliphatic heterocycles. The molecule has 0 saturated carbocycles. The highest BCUT2D eigenvalue weighted by atomic mass is 16.5. The molecule has 110 valence electrons. The number of para-hydroxylation sites is 1. The minimum atomic E-state index is -0.215. The lowest BCUT2D eigenvalue weighted by Gasteiger charge is -2.18. The molecule has 0 fully saturated rings. The maximum absolute atomic E-state index is 12.1. The number of nitrogens with zero attached hydrogens (tertiary/aromatic N) is 1. The SMILES string of the molecule is CN(C(=O)COc1ccccc1CN)c1cccc(O)c1. The number of rotatable bonds is 5. The lowest BCUT2D eigenvalue weighted by Crippen LogP contribution is -2.31. The molecule has 0 unspecified atom stereocenters. The van der Waals surface area contributed by atoms with Gasteiger partial charge in [-0.15, -0.1) is 0 Å². The summed E-state index contributed by atoms with van der Waals surface area (Å²) in [5.74, 6) is 0.506. The molecule has 0 heterocycles. The normalized spacial score (nSPS) is 10.2. The number of phenolic OH excluding ortho intramolecular Hbond substituents is 1. The summed E-state index contributed by atoms with van der Waals surface area (Å²) in [6.45, 7) is 0.260. The second kappa shape index (κ2) is 6.76. The molecule has 2 aromatic rings. The van der Waals surface area contributed by atoms with E-state index in [-0.39, 0.29) is 18.3 Å². The number of carbonyl (C=O) groups excluding carboxylic acids is 1. The number of likely N-dealkylation sites (N-methyl/N-ethyl adjacent to an activating group) is 1. The molecule has 2 aromatic carbocycles. The van der Waals surface area contributed by atoms with Gasteiger partial charge in [0.15, 0.2) is 6.61 Å². The van der Waals surface area contributed by atoms with Gasteiger partial charge in [0, 0.05) is 30.9 Å². The fraction of sp³-hybridized carbons (Fsp3) is 0.188. The molecule has 1 amide bonds. The Labute approximate surface area is 123 Å². The molecule has 5 nitrogen and oxygen atoms in total.